The van der Waals surface area contributed by atoms with Crippen LogP contribution in [-0.4, -0.2) is 38.7 Å². The molecule has 2 unspecified atom stereocenters. The number of rotatable bonds is 4. The van der Waals surface area contributed by atoms with E-state index in [4.69, 9.17) is 20.8 Å². The second-order valence-electron chi connectivity index (χ2n) is 7.59. The van der Waals surface area contributed by atoms with Gasteiger partial charge in [0.25, 0.3) is 0 Å². The van der Waals surface area contributed by atoms with Crippen molar-refractivity contribution in [2.75, 3.05) is 18.0 Å². The van der Waals surface area contributed by atoms with Gasteiger partial charge < -0.3 is 14.1 Å². The molecule has 6 nitrogen and oxygen atoms in total. The third-order valence-corrected chi connectivity index (χ3v) is 6.97. The Labute approximate surface area is 181 Å². The summed E-state index contributed by atoms with van der Waals surface area (Å²) in [5.74, 6) is 0.389. The Kier molecular flexibility index (Phi) is 5.61. The lowest BCUT2D eigenvalue weighted by Crippen LogP contribution is -2.45. The number of hydrogen-bond donors (Lipinski definition) is 0. The van der Waals surface area contributed by atoms with E-state index >= 15 is 0 Å². The van der Waals surface area contributed by atoms with Crippen LogP contribution >= 0.6 is 11.6 Å². The molecule has 4 rings (SSSR count). The minimum Gasteiger partial charge on any atom is -0.419 e. The van der Waals surface area contributed by atoms with Gasteiger partial charge in [0.1, 0.15) is 0 Å². The first-order chi connectivity index (χ1) is 14.3. The minimum atomic E-state index is -3.90. The van der Waals surface area contributed by atoms with Crippen LogP contribution in [0.1, 0.15) is 19.4 Å². The zero-order valence-corrected chi connectivity index (χ0v) is 18.6. The molecule has 1 aliphatic heterocycles. The van der Waals surface area contributed by atoms with E-state index in [9.17, 15) is 8.42 Å². The van der Waals surface area contributed by atoms with E-state index in [-0.39, 0.29) is 33.9 Å². The van der Waals surface area contributed by atoms with Gasteiger partial charge in [-0.1, -0.05) is 41.4 Å². The number of ether oxygens (including phenoxy) is 1. The molecule has 0 spiro atoms. The molecule has 0 amide bonds. The van der Waals surface area contributed by atoms with Gasteiger partial charge in [0.2, 0.25) is 26.6 Å². The van der Waals surface area contributed by atoms with Gasteiger partial charge >= 0.3 is 0 Å². The molecular formula is C22H23ClN2O4S. The Balaban J connectivity index is 1.87. The van der Waals surface area contributed by atoms with Crippen LogP contribution in [0.25, 0.3) is 11.5 Å². The van der Waals surface area contributed by atoms with Crippen LogP contribution in [0.4, 0.5) is 5.88 Å². The summed E-state index contributed by atoms with van der Waals surface area (Å²) < 4.78 is 38.8. The summed E-state index contributed by atoms with van der Waals surface area (Å²) in [6.07, 6.45) is -0.143. The summed E-state index contributed by atoms with van der Waals surface area (Å²) in [7, 11) is -3.90. The predicted octanol–water partition coefficient (Wildman–Crippen LogP) is 4.75. The maximum Gasteiger partial charge on any atom is 0.236 e. The highest BCUT2D eigenvalue weighted by Gasteiger charge is 2.34. The average molecular weight is 447 g/mol. The number of benzene rings is 2. The van der Waals surface area contributed by atoms with E-state index in [1.54, 1.807) is 48.5 Å². The second-order valence-corrected chi connectivity index (χ2v) is 9.86. The normalized spacial score (nSPS) is 19.8. The van der Waals surface area contributed by atoms with Crippen molar-refractivity contribution in [2.24, 2.45) is 0 Å². The molecule has 0 saturated carbocycles. The largest absolute Gasteiger partial charge is 0.419 e. The first kappa shape index (κ1) is 20.9. The summed E-state index contributed by atoms with van der Waals surface area (Å²) in [6.45, 7) is 6.80. The molecule has 2 atom stereocenters. The first-order valence-electron chi connectivity index (χ1n) is 9.73. The number of hydrogen-bond acceptors (Lipinski definition) is 6. The van der Waals surface area contributed by atoms with E-state index in [2.05, 4.69) is 4.98 Å². The van der Waals surface area contributed by atoms with E-state index < -0.39 is 9.84 Å². The van der Waals surface area contributed by atoms with Crippen molar-refractivity contribution in [3.8, 4) is 11.5 Å². The highest BCUT2D eigenvalue weighted by atomic mass is 35.5. The van der Waals surface area contributed by atoms with Gasteiger partial charge in [-0.05, 0) is 45.0 Å². The van der Waals surface area contributed by atoms with Crippen LogP contribution in [-0.2, 0) is 14.6 Å². The van der Waals surface area contributed by atoms with E-state index in [0.717, 1.165) is 5.56 Å². The summed E-state index contributed by atoms with van der Waals surface area (Å²) in [5, 5.41) is 0.330. The van der Waals surface area contributed by atoms with Gasteiger partial charge in [0.05, 0.1) is 27.7 Å². The fourth-order valence-electron chi connectivity index (χ4n) is 3.60. The Bertz CT molecular complexity index is 1150. The van der Waals surface area contributed by atoms with Gasteiger partial charge in [0, 0.05) is 13.1 Å². The summed E-state index contributed by atoms with van der Waals surface area (Å²) in [4.78, 5) is 6.47. The van der Waals surface area contributed by atoms with Gasteiger partial charge in [-0.25, -0.2) is 8.42 Å². The van der Waals surface area contributed by atoms with Crippen LogP contribution in [0.5, 0.6) is 0 Å². The van der Waals surface area contributed by atoms with Gasteiger partial charge in [-0.2, -0.15) is 4.98 Å². The van der Waals surface area contributed by atoms with E-state index in [0.29, 0.717) is 23.7 Å². The number of halogens is 1. The molecule has 2 heterocycles. The zero-order valence-electron chi connectivity index (χ0n) is 17.0. The molecular weight excluding hydrogens is 424 g/mol. The van der Waals surface area contributed by atoms with Crippen molar-refractivity contribution < 1.29 is 17.6 Å². The van der Waals surface area contributed by atoms with Crippen LogP contribution in [0.15, 0.2) is 62.9 Å². The Morgan fingerprint density at radius 2 is 1.67 bits per heavy atom. The predicted molar refractivity (Wildman–Crippen MR) is 116 cm³/mol. The van der Waals surface area contributed by atoms with Crippen molar-refractivity contribution in [2.45, 2.75) is 42.9 Å². The Morgan fingerprint density at radius 3 is 2.30 bits per heavy atom. The SMILES string of the molecule is Cc1ccc(S(=O)(=O)c2nc(-c3ccccc3Cl)oc2N2CC(C)OC(C)C2)cc1. The van der Waals surface area contributed by atoms with Crippen molar-refractivity contribution in [3.05, 3.63) is 59.1 Å². The molecule has 0 aliphatic carbocycles. The molecule has 3 aromatic rings. The van der Waals surface area contributed by atoms with Crippen molar-refractivity contribution in [1.82, 2.24) is 4.98 Å². The lowest BCUT2D eigenvalue weighted by molar-refractivity contribution is -0.00657. The number of oxazole rings is 1. The maximum absolute atomic E-state index is 13.5. The van der Waals surface area contributed by atoms with Gasteiger partial charge in [-0.3, -0.25) is 0 Å². The van der Waals surface area contributed by atoms with Crippen LogP contribution < -0.4 is 4.90 Å². The van der Waals surface area contributed by atoms with E-state index in [1.807, 2.05) is 25.7 Å². The van der Waals surface area contributed by atoms with E-state index in [1.165, 1.54) is 0 Å². The van der Waals surface area contributed by atoms with Crippen molar-refractivity contribution >= 4 is 27.3 Å². The molecule has 1 aliphatic rings. The monoisotopic (exact) mass is 446 g/mol. The molecule has 0 N–H and O–H groups in total. The first-order valence-corrected chi connectivity index (χ1v) is 11.6. The quantitative estimate of drug-likeness (QED) is 0.575. The molecule has 1 fully saturated rings. The number of anilines is 1. The highest BCUT2D eigenvalue weighted by Crippen LogP contribution is 2.37. The highest BCUT2D eigenvalue weighted by molar-refractivity contribution is 7.91. The zero-order chi connectivity index (χ0) is 21.5. The average Bonchev–Trinajstić information content (AvgIpc) is 3.14. The molecule has 1 aromatic heterocycles. The number of aromatic nitrogens is 1. The second kappa shape index (κ2) is 8.06. The van der Waals surface area contributed by atoms with Crippen molar-refractivity contribution in [1.29, 1.82) is 0 Å². The maximum atomic E-state index is 13.5. The third-order valence-electron chi connectivity index (χ3n) is 4.98. The third kappa shape index (κ3) is 3.97. The fraction of sp³-hybridized carbons (Fsp3) is 0.318. The molecule has 0 bridgehead atoms. The summed E-state index contributed by atoms with van der Waals surface area (Å²) in [6, 6.07) is 13.8. The molecule has 158 valence electrons. The van der Waals surface area contributed by atoms with Gasteiger partial charge in [-0.15, -0.1) is 0 Å². The molecule has 2 aromatic carbocycles. The number of aryl methyl sites for hydroxylation is 1. The smallest absolute Gasteiger partial charge is 0.236 e. The minimum absolute atomic E-state index is 0.0717. The summed E-state index contributed by atoms with van der Waals surface area (Å²) >= 11 is 6.32. The fourth-order valence-corrected chi connectivity index (χ4v) is 5.13. The molecule has 0 radical (unpaired) electrons. The molecule has 30 heavy (non-hydrogen) atoms. The van der Waals surface area contributed by atoms with Gasteiger partial charge in [0.15, 0.2) is 0 Å². The standard InChI is InChI=1S/C22H23ClN2O4S/c1-14-8-10-17(11-9-14)30(26,27)21-22(25-12-15(2)28-16(3)13-25)29-20(24-21)18-6-4-5-7-19(18)23/h4-11,15-16H,12-13H2,1-3H3. The number of sulfone groups is 1. The lowest BCUT2D eigenvalue weighted by Gasteiger charge is -2.35. The van der Waals surface area contributed by atoms with Crippen LogP contribution in [0, 0.1) is 6.92 Å². The molecule has 8 heteroatoms. The van der Waals surface area contributed by atoms with Crippen LogP contribution in [0.2, 0.25) is 5.02 Å². The number of morpholine rings is 1. The topological polar surface area (TPSA) is 72.6 Å². The van der Waals surface area contributed by atoms with Crippen molar-refractivity contribution in [3.63, 3.8) is 0 Å². The Hall–Kier alpha value is -2.35. The molecule has 1 saturated heterocycles. The lowest BCUT2D eigenvalue weighted by atomic mass is 10.2. The Morgan fingerprint density at radius 1 is 1.03 bits per heavy atom. The summed E-state index contributed by atoms with van der Waals surface area (Å²) in [5.41, 5.74) is 1.52. The van der Waals surface area contributed by atoms with Crippen LogP contribution in [0.3, 0.4) is 0 Å². The number of nitrogens with zero attached hydrogens (tertiary/aromatic N) is 2.